The van der Waals surface area contributed by atoms with Crippen LogP contribution in [0.4, 0.5) is 0 Å². The Morgan fingerprint density at radius 1 is 1.19 bits per heavy atom. The van der Waals surface area contributed by atoms with Gasteiger partial charge in [0, 0.05) is 37.7 Å². The highest BCUT2D eigenvalue weighted by Gasteiger charge is 2.34. The van der Waals surface area contributed by atoms with Crippen LogP contribution in [-0.2, 0) is 19.6 Å². The minimum Gasteiger partial charge on any atom is -0.355 e. The highest BCUT2D eigenvalue weighted by Crippen LogP contribution is 2.29. The molecule has 1 saturated heterocycles. The molecule has 2 aliphatic rings. The molecule has 0 aliphatic carbocycles. The molecule has 0 unspecified atom stereocenters. The summed E-state index contributed by atoms with van der Waals surface area (Å²) in [6.07, 6.45) is 2.42. The Bertz CT molecular complexity index is 886. The van der Waals surface area contributed by atoms with Gasteiger partial charge in [0.15, 0.2) is 5.84 Å². The highest BCUT2D eigenvalue weighted by molar-refractivity contribution is 7.90. The van der Waals surface area contributed by atoms with Crippen molar-refractivity contribution in [3.05, 3.63) is 42.5 Å². The Hall–Kier alpha value is -2.68. The van der Waals surface area contributed by atoms with E-state index in [-0.39, 0.29) is 22.6 Å². The number of hydrogen-bond acceptors (Lipinski definition) is 5. The zero-order valence-electron chi connectivity index (χ0n) is 14.8. The van der Waals surface area contributed by atoms with Gasteiger partial charge in [0.2, 0.25) is 11.8 Å². The number of hydrogen-bond donors (Lipinski definition) is 2. The van der Waals surface area contributed by atoms with Crippen molar-refractivity contribution in [2.45, 2.75) is 17.7 Å². The number of rotatable bonds is 5. The maximum absolute atomic E-state index is 12.3. The highest BCUT2D eigenvalue weighted by atomic mass is 32.2. The maximum atomic E-state index is 12.3. The van der Waals surface area contributed by atoms with Crippen molar-refractivity contribution in [1.29, 1.82) is 0 Å². The van der Waals surface area contributed by atoms with Crippen molar-refractivity contribution < 1.29 is 18.0 Å². The average Bonchev–Trinajstić information content (AvgIpc) is 2.96. The smallest absolute Gasteiger partial charge is 0.285 e. The van der Waals surface area contributed by atoms with Gasteiger partial charge in [0.1, 0.15) is 4.90 Å². The lowest BCUT2D eigenvalue weighted by molar-refractivity contribution is -0.126. The SMILES string of the molecule is C=CC(=O)NCCNC(=O)C1CCN(C2=NS(=O)(=O)c3ccccc32)CC1. The third-order valence-electron chi connectivity index (χ3n) is 4.69. The van der Waals surface area contributed by atoms with E-state index in [9.17, 15) is 18.0 Å². The van der Waals surface area contributed by atoms with E-state index < -0.39 is 10.0 Å². The molecule has 0 atom stereocenters. The van der Waals surface area contributed by atoms with E-state index in [0.717, 1.165) is 0 Å². The zero-order valence-corrected chi connectivity index (χ0v) is 15.7. The van der Waals surface area contributed by atoms with Crippen LogP contribution in [0, 0.1) is 5.92 Å². The van der Waals surface area contributed by atoms with Crippen LogP contribution >= 0.6 is 0 Å². The molecule has 8 nitrogen and oxygen atoms in total. The molecule has 2 N–H and O–H groups in total. The molecular weight excluding hydrogens is 368 g/mol. The first-order valence-corrected chi connectivity index (χ1v) is 10.2. The number of fused-ring (bicyclic) bond motifs is 1. The topological polar surface area (TPSA) is 108 Å². The van der Waals surface area contributed by atoms with Gasteiger partial charge in [-0.2, -0.15) is 8.42 Å². The fraction of sp³-hybridized carbons (Fsp3) is 0.389. The summed E-state index contributed by atoms with van der Waals surface area (Å²) >= 11 is 0. The molecule has 2 amide bonds. The summed E-state index contributed by atoms with van der Waals surface area (Å²) in [4.78, 5) is 25.5. The molecule has 0 spiro atoms. The third-order valence-corrected chi connectivity index (χ3v) is 6.01. The fourth-order valence-electron chi connectivity index (χ4n) is 3.26. The van der Waals surface area contributed by atoms with Gasteiger partial charge in [-0.25, -0.2) is 0 Å². The van der Waals surface area contributed by atoms with Crippen molar-refractivity contribution in [2.24, 2.45) is 10.3 Å². The number of carbonyl (C=O) groups excluding carboxylic acids is 2. The monoisotopic (exact) mass is 390 g/mol. The van der Waals surface area contributed by atoms with E-state index in [2.05, 4.69) is 21.6 Å². The molecule has 9 heteroatoms. The second-order valence-electron chi connectivity index (χ2n) is 6.43. The van der Waals surface area contributed by atoms with Crippen LogP contribution in [-0.4, -0.2) is 57.1 Å². The maximum Gasteiger partial charge on any atom is 0.285 e. The second kappa shape index (κ2) is 7.91. The summed E-state index contributed by atoms with van der Waals surface area (Å²) in [7, 11) is -3.63. The molecule has 27 heavy (non-hydrogen) atoms. The first-order chi connectivity index (χ1) is 12.9. The molecule has 0 saturated carbocycles. The molecule has 144 valence electrons. The number of likely N-dealkylation sites (tertiary alicyclic amines) is 1. The van der Waals surface area contributed by atoms with Crippen LogP contribution in [0.2, 0.25) is 0 Å². The number of benzene rings is 1. The van der Waals surface area contributed by atoms with Crippen LogP contribution in [0.3, 0.4) is 0 Å². The molecule has 2 aliphatic heterocycles. The summed E-state index contributed by atoms with van der Waals surface area (Å²) in [6.45, 7) is 5.19. The molecule has 0 aromatic heterocycles. The second-order valence-corrected chi connectivity index (χ2v) is 8.01. The normalized spacial score (nSPS) is 18.4. The molecule has 3 rings (SSSR count). The lowest BCUT2D eigenvalue weighted by Crippen LogP contribution is -2.44. The number of sulfonamides is 1. The van der Waals surface area contributed by atoms with Crippen LogP contribution in [0.15, 0.2) is 46.2 Å². The van der Waals surface area contributed by atoms with E-state index in [0.29, 0.717) is 50.4 Å². The van der Waals surface area contributed by atoms with Gasteiger partial charge in [0.25, 0.3) is 10.0 Å². The molecule has 1 aromatic rings. The van der Waals surface area contributed by atoms with Gasteiger partial charge < -0.3 is 15.5 Å². The van der Waals surface area contributed by atoms with E-state index in [4.69, 9.17) is 0 Å². The minimum atomic E-state index is -3.63. The number of amidine groups is 1. The Morgan fingerprint density at radius 2 is 1.85 bits per heavy atom. The standard InChI is InChI=1S/C18H22N4O4S/c1-2-16(23)19-9-10-20-18(24)13-7-11-22(12-8-13)17-14-5-3-4-6-15(14)27(25,26)21-17/h2-6,13H,1,7-12H2,(H,19,23)(H,20,24). The summed E-state index contributed by atoms with van der Waals surface area (Å²) in [5.74, 6) is 0.0100. The number of piperidine rings is 1. The van der Waals surface area contributed by atoms with E-state index in [1.54, 1.807) is 24.3 Å². The number of nitrogens with one attached hydrogen (secondary N) is 2. The Balaban J connectivity index is 1.53. The molecule has 1 aromatic carbocycles. The summed E-state index contributed by atoms with van der Waals surface area (Å²) in [6, 6.07) is 6.80. The van der Waals surface area contributed by atoms with E-state index in [1.165, 1.54) is 6.08 Å². The molecule has 0 bridgehead atoms. The number of amides is 2. The predicted molar refractivity (Wildman–Crippen MR) is 101 cm³/mol. The van der Waals surface area contributed by atoms with E-state index in [1.807, 2.05) is 4.90 Å². The number of carbonyl (C=O) groups is 2. The average molecular weight is 390 g/mol. The molecule has 2 heterocycles. The van der Waals surface area contributed by atoms with E-state index >= 15 is 0 Å². The Labute approximate surface area is 158 Å². The Morgan fingerprint density at radius 3 is 2.56 bits per heavy atom. The predicted octanol–water partition coefficient (Wildman–Crippen LogP) is 0.266. The largest absolute Gasteiger partial charge is 0.355 e. The molecule has 1 fully saturated rings. The van der Waals surface area contributed by atoms with Crippen molar-refractivity contribution in [3.63, 3.8) is 0 Å². The zero-order chi connectivity index (χ0) is 19.4. The van der Waals surface area contributed by atoms with Crippen molar-refractivity contribution in [2.75, 3.05) is 26.2 Å². The summed E-state index contributed by atoms with van der Waals surface area (Å²) < 4.78 is 28.3. The first-order valence-electron chi connectivity index (χ1n) is 8.79. The minimum absolute atomic E-state index is 0.0520. The van der Waals surface area contributed by atoms with Gasteiger partial charge in [-0.1, -0.05) is 18.7 Å². The third kappa shape index (κ3) is 4.19. The van der Waals surface area contributed by atoms with Crippen molar-refractivity contribution >= 4 is 27.7 Å². The summed E-state index contributed by atoms with van der Waals surface area (Å²) in [5, 5.41) is 5.41. The van der Waals surface area contributed by atoms with Crippen LogP contribution in [0.5, 0.6) is 0 Å². The van der Waals surface area contributed by atoms with Crippen molar-refractivity contribution in [1.82, 2.24) is 15.5 Å². The van der Waals surface area contributed by atoms with Crippen LogP contribution in [0.1, 0.15) is 18.4 Å². The van der Waals surface area contributed by atoms with Gasteiger partial charge in [0.05, 0.1) is 0 Å². The lowest BCUT2D eigenvalue weighted by Gasteiger charge is -2.32. The first kappa shape index (κ1) is 19.1. The summed E-state index contributed by atoms with van der Waals surface area (Å²) in [5.41, 5.74) is 0.623. The molecule has 0 radical (unpaired) electrons. The van der Waals surface area contributed by atoms with Gasteiger partial charge in [-0.05, 0) is 31.1 Å². The molecular formula is C18H22N4O4S. The van der Waals surface area contributed by atoms with Crippen molar-refractivity contribution in [3.8, 4) is 0 Å². The van der Waals surface area contributed by atoms with Gasteiger partial charge >= 0.3 is 0 Å². The Kier molecular flexibility index (Phi) is 5.59. The van der Waals surface area contributed by atoms with Crippen LogP contribution < -0.4 is 10.6 Å². The van der Waals surface area contributed by atoms with Gasteiger partial charge in [-0.3, -0.25) is 9.59 Å². The number of nitrogens with zero attached hydrogens (tertiary/aromatic N) is 2. The fourth-order valence-corrected chi connectivity index (χ4v) is 4.49. The van der Waals surface area contributed by atoms with Gasteiger partial charge in [-0.15, -0.1) is 4.40 Å². The quantitative estimate of drug-likeness (QED) is 0.554. The lowest BCUT2D eigenvalue weighted by atomic mass is 9.95. The van der Waals surface area contributed by atoms with Crippen LogP contribution in [0.25, 0.3) is 0 Å².